The van der Waals surface area contributed by atoms with Crippen LogP contribution in [0.1, 0.15) is 10.4 Å². The molecule has 0 aliphatic carbocycles. The molecule has 1 aromatic carbocycles. The standard InChI is InChI=1S/C15H12F2N6O3/c1-21-6-8(12(24)20-14-18-7-19-22(14)2)13(25)23(15(21)26)10-5-3-4-9(16)11(10)17/h3-7H,1-2H3,(H,18,19,20,24). The summed E-state index contributed by atoms with van der Waals surface area (Å²) in [6, 6.07) is 3.05. The van der Waals surface area contributed by atoms with Crippen molar-refractivity contribution in [1.82, 2.24) is 23.9 Å². The molecule has 11 heteroatoms. The largest absolute Gasteiger partial charge is 0.335 e. The maximum absolute atomic E-state index is 14.1. The van der Waals surface area contributed by atoms with Crippen LogP contribution in [0.2, 0.25) is 0 Å². The fourth-order valence-electron chi connectivity index (χ4n) is 2.28. The molecule has 0 unspecified atom stereocenters. The molecule has 26 heavy (non-hydrogen) atoms. The van der Waals surface area contributed by atoms with Gasteiger partial charge in [-0.2, -0.15) is 10.1 Å². The molecule has 0 saturated heterocycles. The summed E-state index contributed by atoms with van der Waals surface area (Å²) >= 11 is 0. The minimum atomic E-state index is -1.38. The van der Waals surface area contributed by atoms with Crippen LogP contribution in [0.25, 0.3) is 5.69 Å². The van der Waals surface area contributed by atoms with E-state index in [-0.39, 0.29) is 5.95 Å². The Bertz CT molecular complexity index is 1130. The lowest BCUT2D eigenvalue weighted by Crippen LogP contribution is -2.42. The molecular weight excluding hydrogens is 350 g/mol. The molecule has 0 fully saturated rings. The summed E-state index contributed by atoms with van der Waals surface area (Å²) < 4.78 is 30.1. The van der Waals surface area contributed by atoms with Gasteiger partial charge in [-0.15, -0.1) is 0 Å². The molecule has 0 aliphatic rings. The second-order valence-electron chi connectivity index (χ2n) is 5.31. The van der Waals surface area contributed by atoms with E-state index in [1.54, 1.807) is 0 Å². The van der Waals surface area contributed by atoms with E-state index in [1.807, 2.05) is 0 Å². The monoisotopic (exact) mass is 362 g/mol. The smallest absolute Gasteiger partial charge is 0.302 e. The quantitative estimate of drug-likeness (QED) is 0.717. The van der Waals surface area contributed by atoms with Crippen LogP contribution in [0, 0.1) is 11.6 Å². The zero-order valence-electron chi connectivity index (χ0n) is 13.6. The van der Waals surface area contributed by atoms with Crippen molar-refractivity contribution in [2.24, 2.45) is 14.1 Å². The van der Waals surface area contributed by atoms with Crippen LogP contribution in [-0.4, -0.2) is 29.8 Å². The molecule has 0 aliphatic heterocycles. The van der Waals surface area contributed by atoms with Crippen LogP contribution in [0.3, 0.4) is 0 Å². The first-order chi connectivity index (χ1) is 12.3. The van der Waals surface area contributed by atoms with Gasteiger partial charge in [0, 0.05) is 20.3 Å². The van der Waals surface area contributed by atoms with Crippen molar-refractivity contribution in [2.75, 3.05) is 5.32 Å². The summed E-state index contributed by atoms with van der Waals surface area (Å²) in [5.41, 5.74) is -3.09. The molecule has 1 N–H and O–H groups in total. The zero-order chi connectivity index (χ0) is 19.0. The highest BCUT2D eigenvalue weighted by Gasteiger charge is 2.21. The van der Waals surface area contributed by atoms with Crippen molar-refractivity contribution in [1.29, 1.82) is 0 Å². The Balaban J connectivity index is 2.18. The van der Waals surface area contributed by atoms with Crippen molar-refractivity contribution >= 4 is 11.9 Å². The van der Waals surface area contributed by atoms with Crippen molar-refractivity contribution in [3.05, 3.63) is 68.8 Å². The molecule has 0 saturated carbocycles. The van der Waals surface area contributed by atoms with Gasteiger partial charge in [-0.05, 0) is 12.1 Å². The average Bonchev–Trinajstić information content (AvgIpc) is 2.99. The number of carbonyl (C=O) groups excluding carboxylic acids is 1. The van der Waals surface area contributed by atoms with E-state index in [0.29, 0.717) is 4.57 Å². The Hall–Kier alpha value is -3.63. The lowest BCUT2D eigenvalue weighted by molar-refractivity contribution is 0.102. The van der Waals surface area contributed by atoms with Gasteiger partial charge < -0.3 is 4.57 Å². The number of aryl methyl sites for hydroxylation is 2. The first-order valence-electron chi connectivity index (χ1n) is 7.23. The maximum atomic E-state index is 14.1. The number of amides is 1. The summed E-state index contributed by atoms with van der Waals surface area (Å²) in [6.07, 6.45) is 2.20. The minimum Gasteiger partial charge on any atom is -0.302 e. The van der Waals surface area contributed by atoms with Crippen LogP contribution < -0.4 is 16.6 Å². The van der Waals surface area contributed by atoms with Gasteiger partial charge in [0.25, 0.3) is 11.5 Å². The van der Waals surface area contributed by atoms with Gasteiger partial charge in [0.05, 0.1) is 5.69 Å². The van der Waals surface area contributed by atoms with Gasteiger partial charge in [0.1, 0.15) is 11.9 Å². The van der Waals surface area contributed by atoms with E-state index in [9.17, 15) is 23.2 Å². The first kappa shape index (κ1) is 17.2. The number of aromatic nitrogens is 5. The van der Waals surface area contributed by atoms with Crippen molar-refractivity contribution in [3.8, 4) is 5.69 Å². The van der Waals surface area contributed by atoms with Gasteiger partial charge in [0.15, 0.2) is 11.6 Å². The Labute approximate surface area is 144 Å². The van der Waals surface area contributed by atoms with Gasteiger partial charge in [-0.25, -0.2) is 22.8 Å². The Morgan fingerprint density at radius 3 is 2.58 bits per heavy atom. The number of hydrogen-bond donors (Lipinski definition) is 1. The second kappa shape index (κ2) is 6.35. The summed E-state index contributed by atoms with van der Waals surface area (Å²) in [5, 5.41) is 6.12. The third kappa shape index (κ3) is 2.79. The number of rotatable bonds is 3. The van der Waals surface area contributed by atoms with E-state index in [4.69, 9.17) is 0 Å². The summed E-state index contributed by atoms with van der Waals surface area (Å²) in [5.74, 6) is -3.43. The van der Waals surface area contributed by atoms with Crippen LogP contribution in [0.5, 0.6) is 0 Å². The van der Waals surface area contributed by atoms with E-state index < -0.39 is 40.0 Å². The zero-order valence-corrected chi connectivity index (χ0v) is 13.6. The highest BCUT2D eigenvalue weighted by Crippen LogP contribution is 2.13. The summed E-state index contributed by atoms with van der Waals surface area (Å²) in [6.45, 7) is 0. The number of halogens is 2. The Morgan fingerprint density at radius 2 is 1.92 bits per heavy atom. The number of anilines is 1. The summed E-state index contributed by atoms with van der Waals surface area (Å²) in [7, 11) is 2.79. The topological polar surface area (TPSA) is 104 Å². The number of nitrogens with zero attached hydrogens (tertiary/aromatic N) is 5. The molecule has 2 heterocycles. The van der Waals surface area contributed by atoms with Crippen LogP contribution in [0.4, 0.5) is 14.7 Å². The van der Waals surface area contributed by atoms with Gasteiger partial charge >= 0.3 is 5.69 Å². The Kier molecular flexibility index (Phi) is 4.20. The Morgan fingerprint density at radius 1 is 1.19 bits per heavy atom. The molecule has 0 atom stereocenters. The SMILES string of the molecule is Cn1ncnc1NC(=O)c1cn(C)c(=O)n(-c2cccc(F)c2F)c1=O. The van der Waals surface area contributed by atoms with Gasteiger partial charge in [-0.1, -0.05) is 6.07 Å². The third-order valence-corrected chi connectivity index (χ3v) is 3.60. The predicted molar refractivity (Wildman–Crippen MR) is 86.2 cm³/mol. The molecule has 0 radical (unpaired) electrons. The van der Waals surface area contributed by atoms with Crippen LogP contribution >= 0.6 is 0 Å². The molecule has 0 bridgehead atoms. The lowest BCUT2D eigenvalue weighted by atomic mass is 10.2. The van der Waals surface area contributed by atoms with Crippen LogP contribution in [0.15, 0.2) is 40.3 Å². The van der Waals surface area contributed by atoms with E-state index in [2.05, 4.69) is 15.4 Å². The molecule has 9 nitrogen and oxygen atoms in total. The molecular formula is C15H12F2N6O3. The average molecular weight is 362 g/mol. The van der Waals surface area contributed by atoms with E-state index in [0.717, 1.165) is 29.0 Å². The third-order valence-electron chi connectivity index (χ3n) is 3.60. The predicted octanol–water partition coefficient (Wildman–Crippen LogP) is 0.195. The molecule has 3 aromatic rings. The van der Waals surface area contributed by atoms with Crippen molar-refractivity contribution < 1.29 is 13.6 Å². The minimum absolute atomic E-state index is 0.0618. The highest BCUT2D eigenvalue weighted by molar-refractivity contribution is 6.02. The fraction of sp³-hybridized carbons (Fsp3) is 0.133. The fourth-order valence-corrected chi connectivity index (χ4v) is 2.28. The summed E-state index contributed by atoms with van der Waals surface area (Å²) in [4.78, 5) is 41.1. The lowest BCUT2D eigenvalue weighted by Gasteiger charge is -2.11. The second-order valence-corrected chi connectivity index (χ2v) is 5.31. The molecule has 0 spiro atoms. The van der Waals surface area contributed by atoms with Crippen molar-refractivity contribution in [2.45, 2.75) is 0 Å². The van der Waals surface area contributed by atoms with E-state index in [1.165, 1.54) is 25.1 Å². The molecule has 134 valence electrons. The highest BCUT2D eigenvalue weighted by atomic mass is 19.2. The number of nitrogens with one attached hydrogen (secondary N) is 1. The van der Waals surface area contributed by atoms with Gasteiger partial charge in [0.2, 0.25) is 5.95 Å². The molecule has 1 amide bonds. The number of carbonyl (C=O) groups is 1. The van der Waals surface area contributed by atoms with Crippen molar-refractivity contribution in [3.63, 3.8) is 0 Å². The van der Waals surface area contributed by atoms with Gasteiger partial charge in [-0.3, -0.25) is 14.9 Å². The first-order valence-corrected chi connectivity index (χ1v) is 7.23. The number of benzene rings is 1. The molecule has 3 rings (SSSR count). The maximum Gasteiger partial charge on any atom is 0.335 e. The van der Waals surface area contributed by atoms with Crippen LogP contribution in [-0.2, 0) is 14.1 Å². The normalized spacial score (nSPS) is 10.8. The molecule has 2 aromatic heterocycles. The van der Waals surface area contributed by atoms with E-state index >= 15 is 0 Å². The number of hydrogen-bond acceptors (Lipinski definition) is 5.